The summed E-state index contributed by atoms with van der Waals surface area (Å²) in [5, 5.41) is 0. The van der Waals surface area contributed by atoms with Crippen LogP contribution in [-0.4, -0.2) is 11.8 Å². The van der Waals surface area contributed by atoms with E-state index in [1.165, 1.54) is 5.56 Å². The van der Waals surface area contributed by atoms with E-state index in [0.29, 0.717) is 39.9 Å². The summed E-state index contributed by atoms with van der Waals surface area (Å²) in [4.78, 5) is 27.4. The van der Waals surface area contributed by atoms with Crippen LogP contribution in [-0.2, 0) is 0 Å². The first-order valence-electron chi connectivity index (χ1n) is 10.8. The van der Waals surface area contributed by atoms with Crippen LogP contribution in [0.5, 0.6) is 23.0 Å². The van der Waals surface area contributed by atoms with Crippen LogP contribution in [0.4, 0.5) is 11.4 Å². The number of benzene rings is 4. The van der Waals surface area contributed by atoms with E-state index in [-0.39, 0.29) is 11.5 Å². The summed E-state index contributed by atoms with van der Waals surface area (Å²) in [6, 6.07) is 24.6. The third-order valence-electron chi connectivity index (χ3n) is 5.74. The van der Waals surface area contributed by atoms with Crippen molar-refractivity contribution in [1.82, 2.24) is 0 Å². The van der Waals surface area contributed by atoms with Gasteiger partial charge in [0.05, 0.1) is 16.8 Å². The van der Waals surface area contributed by atoms with Crippen molar-refractivity contribution >= 4 is 23.2 Å². The van der Waals surface area contributed by atoms with Crippen molar-refractivity contribution in [3.8, 4) is 23.0 Å². The number of aryl methyl sites for hydroxylation is 2. The molecule has 1 aliphatic rings. The molecule has 168 valence electrons. The number of hydrogen-bond donors (Lipinski definition) is 1. The van der Waals surface area contributed by atoms with Crippen LogP contribution in [0.25, 0.3) is 0 Å². The van der Waals surface area contributed by atoms with Crippen molar-refractivity contribution < 1.29 is 19.1 Å². The van der Waals surface area contributed by atoms with Crippen molar-refractivity contribution in [2.24, 2.45) is 0 Å². The molecule has 6 nitrogen and oxygen atoms in total. The standard InChI is InChI=1S/C28H22N2O4/c1-17-9-10-23(13-18(17)2)34-22-8-4-6-20(15-22)30-27(31)25-12-11-24(16-26(25)28(30)32)33-21-7-3-5-19(29)14-21/h3-16H,29H2,1-2H3. The number of nitrogen functional groups attached to an aromatic ring is 1. The first-order valence-corrected chi connectivity index (χ1v) is 10.8. The van der Waals surface area contributed by atoms with Gasteiger partial charge in [0, 0.05) is 17.8 Å². The number of rotatable bonds is 5. The number of anilines is 2. The lowest BCUT2D eigenvalue weighted by Gasteiger charge is -2.15. The van der Waals surface area contributed by atoms with Gasteiger partial charge in [0.2, 0.25) is 0 Å². The van der Waals surface area contributed by atoms with E-state index in [0.717, 1.165) is 10.5 Å². The molecule has 1 heterocycles. The van der Waals surface area contributed by atoms with Gasteiger partial charge in [0.15, 0.2) is 0 Å². The number of ether oxygens (including phenoxy) is 2. The fourth-order valence-electron chi connectivity index (χ4n) is 3.83. The van der Waals surface area contributed by atoms with Crippen LogP contribution in [0.2, 0.25) is 0 Å². The minimum absolute atomic E-state index is 0.284. The molecule has 0 fully saturated rings. The highest BCUT2D eigenvalue weighted by Crippen LogP contribution is 2.34. The van der Waals surface area contributed by atoms with Gasteiger partial charge >= 0.3 is 0 Å². The maximum absolute atomic E-state index is 13.2. The van der Waals surface area contributed by atoms with Crippen LogP contribution < -0.4 is 20.1 Å². The first kappa shape index (κ1) is 21.3. The highest BCUT2D eigenvalue weighted by Gasteiger charge is 2.37. The molecule has 4 aromatic carbocycles. The average Bonchev–Trinajstić information content (AvgIpc) is 3.06. The summed E-state index contributed by atoms with van der Waals surface area (Å²) >= 11 is 0. The van der Waals surface area contributed by atoms with Crippen molar-refractivity contribution in [1.29, 1.82) is 0 Å². The van der Waals surface area contributed by atoms with Crippen molar-refractivity contribution in [3.05, 3.63) is 107 Å². The monoisotopic (exact) mass is 450 g/mol. The zero-order valence-electron chi connectivity index (χ0n) is 18.7. The summed E-state index contributed by atoms with van der Waals surface area (Å²) in [5.41, 5.74) is 9.71. The van der Waals surface area contributed by atoms with Gasteiger partial charge in [-0.15, -0.1) is 0 Å². The molecule has 0 bridgehead atoms. The molecule has 2 N–H and O–H groups in total. The molecule has 34 heavy (non-hydrogen) atoms. The molecule has 0 atom stereocenters. The Morgan fingerprint density at radius 2 is 1.24 bits per heavy atom. The number of carbonyl (C=O) groups is 2. The highest BCUT2D eigenvalue weighted by molar-refractivity contribution is 6.34. The van der Waals surface area contributed by atoms with Crippen LogP contribution in [0.15, 0.2) is 84.9 Å². The second-order valence-electron chi connectivity index (χ2n) is 8.17. The predicted octanol–water partition coefficient (Wildman–Crippen LogP) is 6.27. The lowest BCUT2D eigenvalue weighted by Crippen LogP contribution is -2.29. The van der Waals surface area contributed by atoms with E-state index < -0.39 is 5.91 Å². The van der Waals surface area contributed by atoms with Gasteiger partial charge in [-0.05, 0) is 79.6 Å². The molecular formula is C28H22N2O4. The highest BCUT2D eigenvalue weighted by atomic mass is 16.5. The number of imide groups is 1. The Morgan fingerprint density at radius 1 is 0.618 bits per heavy atom. The molecule has 0 unspecified atom stereocenters. The Labute approximate surface area is 197 Å². The molecule has 0 spiro atoms. The SMILES string of the molecule is Cc1ccc(Oc2cccc(N3C(=O)c4ccc(Oc5cccc(N)c5)cc4C3=O)c2)cc1C. The van der Waals surface area contributed by atoms with E-state index >= 15 is 0 Å². The predicted molar refractivity (Wildman–Crippen MR) is 131 cm³/mol. The zero-order valence-corrected chi connectivity index (χ0v) is 18.7. The van der Waals surface area contributed by atoms with E-state index in [2.05, 4.69) is 0 Å². The van der Waals surface area contributed by atoms with Gasteiger partial charge in [-0.3, -0.25) is 9.59 Å². The molecule has 0 radical (unpaired) electrons. The number of hydrogen-bond acceptors (Lipinski definition) is 5. The summed E-state index contributed by atoms with van der Waals surface area (Å²) < 4.78 is 11.8. The van der Waals surface area contributed by atoms with Crippen LogP contribution in [0.3, 0.4) is 0 Å². The normalized spacial score (nSPS) is 12.6. The Hall–Kier alpha value is -4.58. The van der Waals surface area contributed by atoms with Crippen LogP contribution in [0.1, 0.15) is 31.8 Å². The molecular weight excluding hydrogens is 428 g/mol. The largest absolute Gasteiger partial charge is 0.457 e. The molecule has 0 saturated heterocycles. The third kappa shape index (κ3) is 3.97. The van der Waals surface area contributed by atoms with Gasteiger partial charge < -0.3 is 15.2 Å². The smallest absolute Gasteiger partial charge is 0.266 e. The molecule has 1 aliphatic heterocycles. The van der Waals surface area contributed by atoms with Gasteiger partial charge in [-0.2, -0.15) is 0 Å². The van der Waals surface area contributed by atoms with E-state index in [4.69, 9.17) is 15.2 Å². The molecule has 5 rings (SSSR count). The van der Waals surface area contributed by atoms with Gasteiger partial charge in [-0.25, -0.2) is 4.90 Å². The minimum Gasteiger partial charge on any atom is -0.457 e. The van der Waals surface area contributed by atoms with Crippen molar-refractivity contribution in [2.45, 2.75) is 13.8 Å². The van der Waals surface area contributed by atoms with Gasteiger partial charge in [0.25, 0.3) is 11.8 Å². The molecule has 2 amide bonds. The van der Waals surface area contributed by atoms with Gasteiger partial charge in [0.1, 0.15) is 23.0 Å². The number of fused-ring (bicyclic) bond motifs is 1. The lowest BCUT2D eigenvalue weighted by molar-refractivity contribution is 0.0926. The fourth-order valence-corrected chi connectivity index (χ4v) is 3.83. The maximum atomic E-state index is 13.2. The zero-order chi connectivity index (χ0) is 23.8. The fraction of sp³-hybridized carbons (Fsp3) is 0.0714. The Balaban J connectivity index is 1.41. The Kier molecular flexibility index (Phi) is 5.26. The number of nitrogens with two attached hydrogens (primary N) is 1. The van der Waals surface area contributed by atoms with Crippen molar-refractivity contribution in [2.75, 3.05) is 10.6 Å². The molecule has 0 aromatic heterocycles. The number of nitrogens with zero attached hydrogens (tertiary/aromatic N) is 1. The van der Waals surface area contributed by atoms with Crippen molar-refractivity contribution in [3.63, 3.8) is 0 Å². The second kappa shape index (κ2) is 8.41. The van der Waals surface area contributed by atoms with E-state index in [1.54, 1.807) is 66.7 Å². The van der Waals surface area contributed by atoms with Crippen LogP contribution >= 0.6 is 0 Å². The van der Waals surface area contributed by atoms with E-state index in [1.807, 2.05) is 32.0 Å². The number of amides is 2. The van der Waals surface area contributed by atoms with Gasteiger partial charge in [-0.1, -0.05) is 18.2 Å². The third-order valence-corrected chi connectivity index (χ3v) is 5.74. The topological polar surface area (TPSA) is 81.9 Å². The summed E-state index contributed by atoms with van der Waals surface area (Å²) in [7, 11) is 0. The average molecular weight is 450 g/mol. The second-order valence-corrected chi connectivity index (χ2v) is 8.17. The number of carbonyl (C=O) groups excluding carboxylic acids is 2. The molecule has 6 heteroatoms. The summed E-state index contributed by atoms with van der Waals surface area (Å²) in [6.07, 6.45) is 0. The minimum atomic E-state index is -0.415. The van der Waals surface area contributed by atoms with Crippen LogP contribution in [0, 0.1) is 13.8 Å². The summed E-state index contributed by atoms with van der Waals surface area (Å²) in [6.45, 7) is 4.05. The molecule has 4 aromatic rings. The molecule has 0 aliphatic carbocycles. The molecule has 0 saturated carbocycles. The summed E-state index contributed by atoms with van der Waals surface area (Å²) in [5.74, 6) is 1.40. The first-order chi connectivity index (χ1) is 16.4. The Bertz CT molecular complexity index is 1440. The van der Waals surface area contributed by atoms with E-state index in [9.17, 15) is 9.59 Å². The lowest BCUT2D eigenvalue weighted by atomic mass is 10.1. The Morgan fingerprint density at radius 3 is 1.97 bits per heavy atom. The maximum Gasteiger partial charge on any atom is 0.266 e. The quantitative estimate of drug-likeness (QED) is 0.286.